The zero-order valence-corrected chi connectivity index (χ0v) is 15.1. The standard InChI is InChI=1S/C17H18N6O2S/c1-12-19-14(11-26-12)17(24)22-9-5-13(6-10-22)25-16-4-3-15(20-21-16)23-8-2-7-18-23/h2-4,7-8,11,13H,5-6,9-10H2,1H3. The molecule has 0 bridgehead atoms. The molecule has 26 heavy (non-hydrogen) atoms. The van der Waals surface area contributed by atoms with E-state index in [1.165, 1.54) is 11.3 Å². The fourth-order valence-electron chi connectivity index (χ4n) is 2.87. The van der Waals surface area contributed by atoms with Gasteiger partial charge in [-0.1, -0.05) is 0 Å². The highest BCUT2D eigenvalue weighted by Gasteiger charge is 2.26. The molecule has 4 heterocycles. The summed E-state index contributed by atoms with van der Waals surface area (Å²) in [5.41, 5.74) is 0.534. The molecule has 3 aromatic rings. The first kappa shape index (κ1) is 16.6. The minimum atomic E-state index is -0.00355. The quantitative estimate of drug-likeness (QED) is 0.699. The van der Waals surface area contributed by atoms with Crippen molar-refractivity contribution in [1.82, 2.24) is 29.9 Å². The maximum Gasteiger partial charge on any atom is 0.273 e. The van der Waals surface area contributed by atoms with E-state index in [-0.39, 0.29) is 12.0 Å². The van der Waals surface area contributed by atoms with Crippen LogP contribution in [0.25, 0.3) is 5.82 Å². The molecule has 0 aromatic carbocycles. The lowest BCUT2D eigenvalue weighted by molar-refractivity contribution is 0.0581. The van der Waals surface area contributed by atoms with Crippen molar-refractivity contribution in [3.8, 4) is 11.7 Å². The van der Waals surface area contributed by atoms with Crippen molar-refractivity contribution in [1.29, 1.82) is 0 Å². The molecule has 0 atom stereocenters. The van der Waals surface area contributed by atoms with Crippen LogP contribution in [0.15, 0.2) is 36.0 Å². The van der Waals surface area contributed by atoms with Crippen molar-refractivity contribution in [3.05, 3.63) is 46.7 Å². The van der Waals surface area contributed by atoms with E-state index >= 15 is 0 Å². The summed E-state index contributed by atoms with van der Waals surface area (Å²) in [7, 11) is 0. The van der Waals surface area contributed by atoms with Gasteiger partial charge in [-0.15, -0.1) is 21.5 Å². The number of nitrogens with zero attached hydrogens (tertiary/aromatic N) is 6. The van der Waals surface area contributed by atoms with Gasteiger partial charge in [0.2, 0.25) is 5.88 Å². The average molecular weight is 370 g/mol. The molecule has 134 valence electrons. The van der Waals surface area contributed by atoms with E-state index in [0.717, 1.165) is 17.8 Å². The van der Waals surface area contributed by atoms with Crippen molar-refractivity contribution < 1.29 is 9.53 Å². The zero-order valence-electron chi connectivity index (χ0n) is 14.3. The van der Waals surface area contributed by atoms with Crippen molar-refractivity contribution in [3.63, 3.8) is 0 Å². The minimum Gasteiger partial charge on any atom is -0.473 e. The molecule has 1 amide bonds. The summed E-state index contributed by atoms with van der Waals surface area (Å²) in [6, 6.07) is 5.44. The molecule has 9 heteroatoms. The second-order valence-electron chi connectivity index (χ2n) is 6.04. The molecule has 1 saturated heterocycles. The summed E-state index contributed by atoms with van der Waals surface area (Å²) < 4.78 is 7.55. The number of ether oxygens (including phenoxy) is 1. The van der Waals surface area contributed by atoms with Crippen LogP contribution >= 0.6 is 11.3 Å². The Morgan fingerprint density at radius 2 is 2.12 bits per heavy atom. The Hall–Kier alpha value is -2.81. The molecule has 1 fully saturated rings. The van der Waals surface area contributed by atoms with Crippen molar-refractivity contribution in [2.24, 2.45) is 0 Å². The van der Waals surface area contributed by atoms with E-state index in [4.69, 9.17) is 4.74 Å². The van der Waals surface area contributed by atoms with Crippen molar-refractivity contribution in [2.45, 2.75) is 25.9 Å². The number of carbonyl (C=O) groups is 1. The van der Waals surface area contributed by atoms with Gasteiger partial charge in [0.1, 0.15) is 11.8 Å². The lowest BCUT2D eigenvalue weighted by Crippen LogP contribution is -2.42. The summed E-state index contributed by atoms with van der Waals surface area (Å²) in [5.74, 6) is 1.12. The maximum absolute atomic E-state index is 12.4. The number of hydrogen-bond donors (Lipinski definition) is 0. The third kappa shape index (κ3) is 3.57. The molecule has 3 aromatic heterocycles. The molecule has 0 aliphatic carbocycles. The highest BCUT2D eigenvalue weighted by molar-refractivity contribution is 7.09. The molecular weight excluding hydrogens is 352 g/mol. The number of amides is 1. The maximum atomic E-state index is 12.4. The van der Waals surface area contributed by atoms with Gasteiger partial charge in [0, 0.05) is 49.8 Å². The summed E-state index contributed by atoms with van der Waals surface area (Å²) in [4.78, 5) is 18.5. The smallest absolute Gasteiger partial charge is 0.273 e. The van der Waals surface area contributed by atoms with Gasteiger partial charge < -0.3 is 9.64 Å². The van der Waals surface area contributed by atoms with Crippen LogP contribution in [-0.4, -0.2) is 55.0 Å². The Morgan fingerprint density at radius 1 is 1.27 bits per heavy atom. The van der Waals surface area contributed by atoms with Crippen LogP contribution in [0.3, 0.4) is 0 Å². The van der Waals surface area contributed by atoms with Crippen LogP contribution in [0.1, 0.15) is 28.3 Å². The van der Waals surface area contributed by atoms with Gasteiger partial charge >= 0.3 is 0 Å². The number of aryl methyl sites for hydroxylation is 1. The Morgan fingerprint density at radius 3 is 2.73 bits per heavy atom. The van der Waals surface area contributed by atoms with Gasteiger partial charge in [0.25, 0.3) is 5.91 Å². The van der Waals surface area contributed by atoms with E-state index in [0.29, 0.717) is 30.5 Å². The first-order chi connectivity index (χ1) is 12.7. The van der Waals surface area contributed by atoms with E-state index in [1.807, 2.05) is 29.3 Å². The third-order valence-electron chi connectivity index (χ3n) is 4.22. The molecule has 1 aliphatic heterocycles. The molecule has 0 unspecified atom stereocenters. The number of piperidine rings is 1. The molecule has 4 rings (SSSR count). The molecule has 0 N–H and O–H groups in total. The van der Waals surface area contributed by atoms with Gasteiger partial charge in [0.15, 0.2) is 5.82 Å². The summed E-state index contributed by atoms with van der Waals surface area (Å²) in [5, 5.41) is 15.1. The fraction of sp³-hybridized carbons (Fsp3) is 0.353. The SMILES string of the molecule is Cc1nc(C(=O)N2CCC(Oc3ccc(-n4cccn4)nn3)CC2)cs1. The lowest BCUT2D eigenvalue weighted by Gasteiger charge is -2.31. The number of carbonyl (C=O) groups excluding carboxylic acids is 1. The molecule has 8 nitrogen and oxygen atoms in total. The second-order valence-corrected chi connectivity index (χ2v) is 7.10. The van der Waals surface area contributed by atoms with Crippen LogP contribution in [0.5, 0.6) is 5.88 Å². The Balaban J connectivity index is 1.32. The van der Waals surface area contributed by atoms with Crippen LogP contribution in [0, 0.1) is 6.92 Å². The fourth-order valence-corrected chi connectivity index (χ4v) is 3.46. The van der Waals surface area contributed by atoms with E-state index < -0.39 is 0 Å². The summed E-state index contributed by atoms with van der Waals surface area (Å²) in [6.07, 6.45) is 5.05. The number of rotatable bonds is 4. The largest absolute Gasteiger partial charge is 0.473 e. The minimum absolute atomic E-state index is 0.00355. The van der Waals surface area contributed by atoms with Crippen molar-refractivity contribution >= 4 is 17.2 Å². The number of thiazole rings is 1. The van der Waals surface area contributed by atoms with Gasteiger partial charge in [-0.25, -0.2) is 9.67 Å². The van der Waals surface area contributed by atoms with E-state index in [1.54, 1.807) is 23.1 Å². The number of likely N-dealkylation sites (tertiary alicyclic amines) is 1. The highest BCUT2D eigenvalue weighted by atomic mass is 32.1. The van der Waals surface area contributed by atoms with Gasteiger partial charge in [0.05, 0.1) is 5.01 Å². The number of aromatic nitrogens is 5. The predicted octanol–water partition coefficient (Wildman–Crippen LogP) is 2.11. The lowest BCUT2D eigenvalue weighted by atomic mass is 10.1. The highest BCUT2D eigenvalue weighted by Crippen LogP contribution is 2.19. The molecule has 0 spiro atoms. The summed E-state index contributed by atoms with van der Waals surface area (Å²) >= 11 is 1.49. The van der Waals surface area contributed by atoms with Crippen LogP contribution in [0.2, 0.25) is 0 Å². The van der Waals surface area contributed by atoms with Crippen LogP contribution < -0.4 is 4.74 Å². The molecule has 1 aliphatic rings. The molecule has 0 radical (unpaired) electrons. The first-order valence-electron chi connectivity index (χ1n) is 8.41. The van der Waals surface area contributed by atoms with E-state index in [9.17, 15) is 4.79 Å². The normalized spacial score (nSPS) is 15.2. The van der Waals surface area contributed by atoms with Gasteiger partial charge in [-0.3, -0.25) is 4.79 Å². The van der Waals surface area contributed by atoms with Crippen molar-refractivity contribution in [2.75, 3.05) is 13.1 Å². The first-order valence-corrected chi connectivity index (χ1v) is 9.29. The predicted molar refractivity (Wildman–Crippen MR) is 95.6 cm³/mol. The Kier molecular flexibility index (Phi) is 4.61. The molecule has 0 saturated carbocycles. The average Bonchev–Trinajstić information content (AvgIpc) is 3.34. The zero-order chi connectivity index (χ0) is 17.9. The topological polar surface area (TPSA) is 86.0 Å². The Labute approximate surface area is 154 Å². The Bertz CT molecular complexity index is 869. The van der Waals surface area contributed by atoms with Crippen LogP contribution in [0.4, 0.5) is 0 Å². The van der Waals surface area contributed by atoms with Gasteiger partial charge in [-0.05, 0) is 19.1 Å². The molecular formula is C17H18N6O2S. The number of hydrogen-bond acceptors (Lipinski definition) is 7. The monoisotopic (exact) mass is 370 g/mol. The van der Waals surface area contributed by atoms with Gasteiger partial charge in [-0.2, -0.15) is 5.10 Å². The van der Waals surface area contributed by atoms with Crippen LogP contribution in [-0.2, 0) is 0 Å². The van der Waals surface area contributed by atoms with E-state index in [2.05, 4.69) is 20.3 Å². The second kappa shape index (κ2) is 7.20. The summed E-state index contributed by atoms with van der Waals surface area (Å²) in [6.45, 7) is 3.21. The third-order valence-corrected chi connectivity index (χ3v) is 4.99.